The minimum absolute atomic E-state index is 0.160. The molecule has 0 saturated carbocycles. The predicted molar refractivity (Wildman–Crippen MR) is 165 cm³/mol. The number of aryl methyl sites for hydroxylation is 2. The number of rotatable bonds is 20. The third-order valence-electron chi connectivity index (χ3n) is 8.27. The van der Waals surface area contributed by atoms with Gasteiger partial charge in [0.2, 0.25) is 0 Å². The van der Waals surface area contributed by atoms with Crippen LogP contribution in [0.2, 0.25) is 0 Å². The Bertz CT molecular complexity index is 976. The number of nitrogens with zero attached hydrogens (tertiary/aromatic N) is 2. The molecule has 1 aliphatic heterocycles. The van der Waals surface area contributed by atoms with Crippen molar-refractivity contribution in [2.75, 3.05) is 6.61 Å². The highest BCUT2D eigenvalue weighted by molar-refractivity contribution is 6.03. The Morgan fingerprint density at radius 1 is 0.951 bits per heavy atom. The number of hydrogen-bond acceptors (Lipinski definition) is 5. The van der Waals surface area contributed by atoms with Gasteiger partial charge in [-0.15, -0.1) is 0 Å². The first-order valence-electron chi connectivity index (χ1n) is 16.1. The van der Waals surface area contributed by atoms with Crippen molar-refractivity contribution in [1.29, 1.82) is 0 Å². The van der Waals surface area contributed by atoms with Crippen LogP contribution in [0.1, 0.15) is 140 Å². The smallest absolute Gasteiger partial charge is 0.418 e. The van der Waals surface area contributed by atoms with Gasteiger partial charge in [-0.25, -0.2) is 19.5 Å². The van der Waals surface area contributed by atoms with Gasteiger partial charge in [0.15, 0.2) is 0 Å². The molecule has 3 atom stereocenters. The first-order valence-corrected chi connectivity index (χ1v) is 16.1. The van der Waals surface area contributed by atoms with Gasteiger partial charge in [-0.3, -0.25) is 4.79 Å². The number of unbranched alkanes of at least 4 members (excludes halogenated alkanes) is 12. The molecule has 1 heterocycles. The lowest BCUT2D eigenvalue weighted by molar-refractivity contribution is -0.133. The summed E-state index contributed by atoms with van der Waals surface area (Å²) in [6.45, 7) is 10.2. The summed E-state index contributed by atoms with van der Waals surface area (Å²) in [6, 6.07) is 5.00. The topological polar surface area (TPSA) is 85.3 Å². The van der Waals surface area contributed by atoms with Gasteiger partial charge in [-0.2, -0.15) is 0 Å². The molecule has 0 bridgehead atoms. The van der Waals surface area contributed by atoms with Gasteiger partial charge in [-0.1, -0.05) is 102 Å². The van der Waals surface area contributed by atoms with Crippen molar-refractivity contribution < 1.29 is 23.9 Å². The fourth-order valence-corrected chi connectivity index (χ4v) is 6.05. The van der Waals surface area contributed by atoms with E-state index >= 15 is 0 Å². The van der Waals surface area contributed by atoms with Gasteiger partial charge in [0.1, 0.15) is 0 Å². The van der Waals surface area contributed by atoms with Crippen molar-refractivity contribution in [3.8, 4) is 0 Å². The average Bonchev–Trinajstić information content (AvgIpc) is 2.93. The molecule has 41 heavy (non-hydrogen) atoms. The van der Waals surface area contributed by atoms with Crippen LogP contribution in [0.5, 0.6) is 0 Å². The number of aliphatic imine (C=N–C) groups is 1. The second-order valence-corrected chi connectivity index (χ2v) is 11.6. The molecule has 3 unspecified atom stereocenters. The van der Waals surface area contributed by atoms with Gasteiger partial charge in [0.25, 0.3) is 6.47 Å². The Labute approximate surface area is 248 Å². The van der Waals surface area contributed by atoms with E-state index in [1.807, 2.05) is 32.9 Å². The number of carbonyl (C=O) groups excluding carboxylic acids is 3. The van der Waals surface area contributed by atoms with Crippen LogP contribution in [0, 0.1) is 12.8 Å². The van der Waals surface area contributed by atoms with Crippen LogP contribution >= 0.6 is 0 Å². The summed E-state index contributed by atoms with van der Waals surface area (Å²) >= 11 is 0. The highest BCUT2D eigenvalue weighted by atomic mass is 16.6. The van der Waals surface area contributed by atoms with Crippen molar-refractivity contribution in [1.82, 2.24) is 4.90 Å². The van der Waals surface area contributed by atoms with Crippen LogP contribution in [0.4, 0.5) is 9.59 Å². The largest absolute Gasteiger partial charge is 0.465 e. The maximum absolute atomic E-state index is 13.1. The molecule has 1 aromatic rings. The molecule has 0 fully saturated rings. The van der Waals surface area contributed by atoms with Crippen molar-refractivity contribution in [3.63, 3.8) is 0 Å². The Kier molecular flexibility index (Phi) is 16.3. The summed E-state index contributed by atoms with van der Waals surface area (Å²) in [5.74, 6) is -0.293. The molecule has 7 nitrogen and oxygen atoms in total. The van der Waals surface area contributed by atoms with E-state index < -0.39 is 24.3 Å². The van der Waals surface area contributed by atoms with Crippen LogP contribution in [0.3, 0.4) is 0 Å². The standard InChI is InChI=1S/C34H54N2O5/c1-6-8-9-10-11-12-13-14-15-16-17-18-19-22-29-23-20-21-26(3)31(29)32-30(24-27(4)41-25-37)28(5)35-33(38)36(32)34(39)40-7-2/h20-21,23,25,27,30,32H,6-19,22,24H2,1-5H3. The molecule has 1 aliphatic rings. The fraction of sp³-hybridized carbons (Fsp3) is 0.706. The molecule has 0 radical (unpaired) electrons. The van der Waals surface area contributed by atoms with Gasteiger partial charge in [0, 0.05) is 11.6 Å². The Morgan fingerprint density at radius 3 is 2.10 bits per heavy atom. The first kappa shape index (κ1) is 34.5. The molecule has 3 amide bonds. The second-order valence-electron chi connectivity index (χ2n) is 11.6. The van der Waals surface area contributed by atoms with Crippen LogP contribution in [-0.2, 0) is 20.7 Å². The lowest BCUT2D eigenvalue weighted by Crippen LogP contribution is -2.48. The SMILES string of the molecule is CCCCCCCCCCCCCCCc1cccc(C)c1C1C(CC(C)OC=O)C(C)=NC(=O)N1C(=O)OCC. The third-order valence-corrected chi connectivity index (χ3v) is 8.27. The number of hydrogen-bond donors (Lipinski definition) is 0. The Hall–Kier alpha value is -2.70. The maximum Gasteiger partial charge on any atom is 0.418 e. The molecule has 0 aliphatic carbocycles. The number of imide groups is 1. The molecule has 7 heteroatoms. The first-order chi connectivity index (χ1) is 19.8. The second kappa shape index (κ2) is 19.4. The van der Waals surface area contributed by atoms with Gasteiger partial charge < -0.3 is 9.47 Å². The van der Waals surface area contributed by atoms with Crippen LogP contribution in [0.15, 0.2) is 23.2 Å². The highest BCUT2D eigenvalue weighted by Crippen LogP contribution is 2.40. The van der Waals surface area contributed by atoms with Crippen LogP contribution < -0.4 is 0 Å². The zero-order valence-corrected chi connectivity index (χ0v) is 26.3. The maximum atomic E-state index is 13.1. The van der Waals surface area contributed by atoms with Gasteiger partial charge in [0.05, 0.1) is 18.8 Å². The summed E-state index contributed by atoms with van der Waals surface area (Å²) in [6.07, 6.45) is 17.2. The third kappa shape index (κ3) is 11.2. The Balaban J connectivity index is 2.07. The zero-order valence-electron chi connectivity index (χ0n) is 26.3. The fourth-order valence-electron chi connectivity index (χ4n) is 6.05. The van der Waals surface area contributed by atoms with Gasteiger partial charge >= 0.3 is 12.1 Å². The molecule has 2 rings (SSSR count). The number of carbonyl (C=O) groups is 3. The molecule has 0 N–H and O–H groups in total. The number of amides is 3. The quantitative estimate of drug-likeness (QED) is 0.115. The number of benzene rings is 1. The predicted octanol–water partition coefficient (Wildman–Crippen LogP) is 9.29. The average molecular weight is 571 g/mol. The summed E-state index contributed by atoms with van der Waals surface area (Å²) in [5, 5.41) is 0. The summed E-state index contributed by atoms with van der Waals surface area (Å²) in [5.41, 5.74) is 3.78. The van der Waals surface area contributed by atoms with Crippen LogP contribution in [-0.4, -0.2) is 41.9 Å². The van der Waals surface area contributed by atoms with E-state index in [0.29, 0.717) is 18.6 Å². The molecular weight excluding hydrogens is 516 g/mol. The lowest BCUT2D eigenvalue weighted by Gasteiger charge is -2.40. The van der Waals surface area contributed by atoms with E-state index in [0.717, 1.165) is 36.0 Å². The van der Waals surface area contributed by atoms with E-state index in [9.17, 15) is 14.4 Å². The van der Waals surface area contributed by atoms with Crippen molar-refractivity contribution >= 4 is 24.3 Å². The normalized spacial score (nSPS) is 17.7. The molecule has 0 aromatic heterocycles. The summed E-state index contributed by atoms with van der Waals surface area (Å²) in [4.78, 5) is 42.6. The lowest BCUT2D eigenvalue weighted by atomic mass is 9.79. The highest BCUT2D eigenvalue weighted by Gasteiger charge is 2.44. The summed E-state index contributed by atoms with van der Waals surface area (Å²) < 4.78 is 10.5. The molecular formula is C34H54N2O5. The minimum Gasteiger partial charge on any atom is -0.465 e. The number of urea groups is 1. The van der Waals surface area contributed by atoms with E-state index in [2.05, 4.69) is 18.0 Å². The minimum atomic E-state index is -0.692. The molecule has 0 spiro atoms. The molecule has 230 valence electrons. The van der Waals surface area contributed by atoms with E-state index in [4.69, 9.17) is 9.47 Å². The molecule has 0 saturated heterocycles. The Morgan fingerprint density at radius 2 is 1.54 bits per heavy atom. The van der Waals surface area contributed by atoms with Crippen LogP contribution in [0.25, 0.3) is 0 Å². The number of ether oxygens (including phenoxy) is 2. The zero-order chi connectivity index (χ0) is 30.0. The van der Waals surface area contributed by atoms with E-state index in [1.54, 1.807) is 6.92 Å². The monoisotopic (exact) mass is 570 g/mol. The summed E-state index contributed by atoms with van der Waals surface area (Å²) in [7, 11) is 0. The van der Waals surface area contributed by atoms with Crippen molar-refractivity contribution in [2.24, 2.45) is 10.9 Å². The van der Waals surface area contributed by atoms with Crippen molar-refractivity contribution in [2.45, 2.75) is 143 Å². The van der Waals surface area contributed by atoms with Gasteiger partial charge in [-0.05, 0) is 63.6 Å². The molecule has 1 aromatic carbocycles. The van der Waals surface area contributed by atoms with E-state index in [1.165, 1.54) is 75.5 Å². The van der Waals surface area contributed by atoms with E-state index in [-0.39, 0.29) is 12.5 Å². The van der Waals surface area contributed by atoms with Crippen molar-refractivity contribution in [3.05, 3.63) is 34.9 Å².